The van der Waals surface area contributed by atoms with Gasteiger partial charge in [0, 0.05) is 68.2 Å². The van der Waals surface area contributed by atoms with Crippen molar-refractivity contribution >= 4 is 68.2 Å². The molecule has 0 amide bonds. The van der Waals surface area contributed by atoms with Gasteiger partial charge in [0.1, 0.15) is 0 Å². The van der Waals surface area contributed by atoms with Crippen molar-refractivity contribution in [3.63, 3.8) is 0 Å². The third-order valence-corrected chi connectivity index (χ3v) is 12.6. The highest BCUT2D eigenvalue weighted by Crippen LogP contribution is 2.43. The third-order valence-electron chi connectivity index (χ3n) is 12.6. The molecule has 0 bridgehead atoms. The molecule has 0 aliphatic rings. The van der Waals surface area contributed by atoms with Crippen molar-refractivity contribution in [1.82, 2.24) is 0 Å². The fourth-order valence-electron chi connectivity index (χ4n) is 8.88. The molecule has 338 valence electrons. The molecule has 0 N–H and O–H groups in total. The molecule has 9 aromatic rings. The van der Waals surface area contributed by atoms with Crippen LogP contribution in [-0.4, -0.2) is 0 Å². The van der Waals surface area contributed by atoms with Crippen LogP contribution in [0.5, 0.6) is 0 Å². The van der Waals surface area contributed by atoms with Crippen molar-refractivity contribution in [3.8, 4) is 0 Å². The van der Waals surface area contributed by atoms with Crippen molar-refractivity contribution in [2.24, 2.45) is 11.8 Å². The number of hydrogen-bond donors (Lipinski definition) is 0. The average Bonchev–Trinajstić information content (AvgIpc) is 3.39. The molecule has 0 aliphatic carbocycles. The van der Waals surface area contributed by atoms with Crippen LogP contribution in [0.15, 0.2) is 243 Å². The van der Waals surface area contributed by atoms with E-state index in [0.29, 0.717) is 11.8 Å². The van der Waals surface area contributed by atoms with Gasteiger partial charge in [-0.05, 0) is 194 Å². The Morgan fingerprint density at radius 2 is 0.382 bits per heavy atom. The van der Waals surface area contributed by atoms with Gasteiger partial charge in [-0.3, -0.25) is 0 Å². The molecule has 0 aromatic heterocycles. The molecule has 0 aliphatic heterocycles. The summed E-state index contributed by atoms with van der Waals surface area (Å²) in [5, 5.41) is 0. The van der Waals surface area contributed by atoms with Crippen molar-refractivity contribution in [2.45, 2.75) is 53.4 Å². The molecule has 68 heavy (non-hydrogen) atoms. The number of rotatable bonds is 18. The fraction of sp³-hybridized carbons (Fsp3) is 0.156. The lowest BCUT2D eigenvalue weighted by Gasteiger charge is -2.30. The van der Waals surface area contributed by atoms with Crippen LogP contribution < -0.4 is 19.6 Å². The van der Waals surface area contributed by atoms with E-state index in [9.17, 15) is 0 Å². The van der Waals surface area contributed by atoms with Crippen molar-refractivity contribution in [2.75, 3.05) is 19.6 Å². The lowest BCUT2D eigenvalue weighted by molar-refractivity contribution is 0.586. The van der Waals surface area contributed by atoms with Gasteiger partial charge in [0.15, 0.2) is 0 Å². The molecule has 9 rings (SSSR count). The Kier molecular flexibility index (Phi) is 14.4. The lowest BCUT2D eigenvalue weighted by Crippen LogP contribution is -2.13. The molecule has 0 heterocycles. The van der Waals surface area contributed by atoms with Crippen LogP contribution in [0.25, 0.3) is 0 Å². The average molecular weight is 887 g/mol. The molecule has 0 spiro atoms. The maximum atomic E-state index is 2.37. The summed E-state index contributed by atoms with van der Waals surface area (Å²) in [6, 6.07) is 87.7. The minimum absolute atomic E-state index is 0.660. The largest absolute Gasteiger partial charge is 0.311 e. The predicted octanol–water partition coefficient (Wildman–Crippen LogP) is 18.7. The van der Waals surface area contributed by atoms with Gasteiger partial charge in [-0.15, -0.1) is 0 Å². The van der Waals surface area contributed by atoms with Gasteiger partial charge in [-0.2, -0.15) is 0 Å². The van der Waals surface area contributed by atoms with Crippen LogP contribution in [0.3, 0.4) is 0 Å². The molecule has 0 atom stereocenters. The summed E-state index contributed by atoms with van der Waals surface area (Å²) in [4.78, 5) is 9.37. The summed E-state index contributed by atoms with van der Waals surface area (Å²) in [5.41, 5.74) is 16.0. The standard InChI is InChI=1S/C64H62N4/c1-49(2)25-27-51-29-33-57(34-30-51)67(61-41-37-59(38-42-61)65(53-17-9-5-10-18-53)54-19-11-6-12-20-54)63-45-47-64(48-46-63)68(58-35-31-52(32-36-58)28-26-50(3)4)62-43-39-60(40-44-62)66(55-21-13-7-14-22-55)56-23-15-8-16-24-56/h5-24,29-50H,25-28H2,1-4H3. The van der Waals surface area contributed by atoms with E-state index in [1.165, 1.54) is 24.0 Å². The van der Waals surface area contributed by atoms with E-state index in [2.05, 4.69) is 290 Å². The van der Waals surface area contributed by atoms with Crippen molar-refractivity contribution in [1.29, 1.82) is 0 Å². The van der Waals surface area contributed by atoms with Gasteiger partial charge in [0.2, 0.25) is 0 Å². The second-order valence-electron chi connectivity index (χ2n) is 18.4. The Labute approximate surface area is 405 Å². The number of aryl methyl sites for hydroxylation is 2. The zero-order valence-corrected chi connectivity index (χ0v) is 39.9. The maximum absolute atomic E-state index is 2.37. The molecule has 4 nitrogen and oxygen atoms in total. The molecule has 0 fully saturated rings. The second kappa shape index (κ2) is 21.7. The van der Waals surface area contributed by atoms with Gasteiger partial charge in [0.05, 0.1) is 0 Å². The maximum Gasteiger partial charge on any atom is 0.0463 e. The summed E-state index contributed by atoms with van der Waals surface area (Å²) < 4.78 is 0. The highest BCUT2D eigenvalue weighted by Gasteiger charge is 2.20. The lowest BCUT2D eigenvalue weighted by atomic mass is 10.0. The summed E-state index contributed by atoms with van der Waals surface area (Å²) in [6.45, 7) is 9.19. The van der Waals surface area contributed by atoms with E-state index < -0.39 is 0 Å². The second-order valence-corrected chi connectivity index (χ2v) is 18.4. The number of para-hydroxylation sites is 4. The number of hydrogen-bond acceptors (Lipinski definition) is 4. The normalized spacial score (nSPS) is 11.1. The molecule has 0 saturated heterocycles. The molecular weight excluding hydrogens is 825 g/mol. The van der Waals surface area contributed by atoms with E-state index in [4.69, 9.17) is 0 Å². The first kappa shape index (κ1) is 45.3. The Bertz CT molecular complexity index is 2610. The number of benzene rings is 9. The van der Waals surface area contributed by atoms with Crippen LogP contribution in [0.1, 0.15) is 51.7 Å². The van der Waals surface area contributed by atoms with E-state index >= 15 is 0 Å². The minimum atomic E-state index is 0.660. The van der Waals surface area contributed by atoms with Crippen molar-refractivity contribution in [3.05, 3.63) is 254 Å². The van der Waals surface area contributed by atoms with E-state index in [-0.39, 0.29) is 0 Å². The monoisotopic (exact) mass is 886 g/mol. The number of nitrogens with zero attached hydrogens (tertiary/aromatic N) is 4. The fourth-order valence-corrected chi connectivity index (χ4v) is 8.88. The van der Waals surface area contributed by atoms with E-state index in [1.807, 2.05) is 0 Å². The van der Waals surface area contributed by atoms with Gasteiger partial charge in [0.25, 0.3) is 0 Å². The first-order valence-electron chi connectivity index (χ1n) is 24.3. The van der Waals surface area contributed by atoms with E-state index in [0.717, 1.165) is 81.1 Å². The van der Waals surface area contributed by atoms with Crippen LogP contribution in [0.4, 0.5) is 68.2 Å². The van der Waals surface area contributed by atoms with Crippen molar-refractivity contribution < 1.29 is 0 Å². The highest BCUT2D eigenvalue weighted by atomic mass is 15.2. The zero-order valence-electron chi connectivity index (χ0n) is 39.9. The quantitative estimate of drug-likeness (QED) is 0.0851. The first-order valence-corrected chi connectivity index (χ1v) is 24.3. The predicted molar refractivity (Wildman–Crippen MR) is 291 cm³/mol. The highest BCUT2D eigenvalue weighted by molar-refractivity contribution is 5.85. The van der Waals surface area contributed by atoms with Gasteiger partial charge in [-0.1, -0.05) is 125 Å². The summed E-state index contributed by atoms with van der Waals surface area (Å²) in [6.07, 6.45) is 4.48. The van der Waals surface area contributed by atoms with Crippen LogP contribution in [0, 0.1) is 11.8 Å². The summed E-state index contributed by atoms with van der Waals surface area (Å²) in [7, 11) is 0. The smallest absolute Gasteiger partial charge is 0.0463 e. The Morgan fingerprint density at radius 1 is 0.221 bits per heavy atom. The Balaban J connectivity index is 1.09. The summed E-state index contributed by atoms with van der Waals surface area (Å²) >= 11 is 0. The van der Waals surface area contributed by atoms with Gasteiger partial charge >= 0.3 is 0 Å². The molecule has 4 heteroatoms. The van der Waals surface area contributed by atoms with E-state index in [1.54, 1.807) is 0 Å². The molecule has 0 radical (unpaired) electrons. The molecule has 0 saturated carbocycles. The van der Waals surface area contributed by atoms with Crippen LogP contribution in [-0.2, 0) is 12.8 Å². The van der Waals surface area contributed by atoms with Crippen LogP contribution >= 0.6 is 0 Å². The zero-order chi connectivity index (χ0) is 46.7. The topological polar surface area (TPSA) is 13.0 Å². The molecular formula is C64H62N4. The Morgan fingerprint density at radius 3 is 0.559 bits per heavy atom. The van der Waals surface area contributed by atoms with Crippen LogP contribution in [0.2, 0.25) is 0 Å². The SMILES string of the molecule is CC(C)CCc1ccc(N(c2ccc(N(c3ccccc3)c3ccccc3)cc2)c2ccc(N(c3ccc(CCC(C)C)cc3)c3ccc(N(c4ccccc4)c4ccccc4)cc3)cc2)cc1. The molecule has 9 aromatic carbocycles. The number of anilines is 12. The van der Waals surface area contributed by atoms with Gasteiger partial charge in [-0.25, -0.2) is 0 Å². The minimum Gasteiger partial charge on any atom is -0.311 e. The third kappa shape index (κ3) is 10.9. The Hall–Kier alpha value is -7.82. The summed E-state index contributed by atoms with van der Waals surface area (Å²) in [5.74, 6) is 1.32. The molecule has 0 unspecified atom stereocenters. The first-order chi connectivity index (χ1) is 33.4. The van der Waals surface area contributed by atoms with Gasteiger partial charge < -0.3 is 19.6 Å².